The number of hydrogen-bond acceptors (Lipinski definition) is 4. The second kappa shape index (κ2) is 2.20. The predicted molar refractivity (Wildman–Crippen MR) is 38.5 cm³/mol. The zero-order chi connectivity index (χ0) is 8.55. The molecule has 0 atom stereocenters. The van der Waals surface area contributed by atoms with Gasteiger partial charge >= 0.3 is 0 Å². The van der Waals surface area contributed by atoms with Gasteiger partial charge in [0, 0.05) is 5.56 Å². The van der Waals surface area contributed by atoms with E-state index in [0.717, 1.165) is 4.73 Å². The standard InChI is InChI=1S/C7H4N4O/c8-2-5-1-6-3-9-10-7(6)11(12)4-5/h1,3-4,12H. The highest BCUT2D eigenvalue weighted by Gasteiger charge is 2.10. The molecule has 0 saturated heterocycles. The Balaban J connectivity index is 2.77. The SMILES string of the molecule is N#Cc1cc2cnnc-2n(O)c1. The van der Waals surface area contributed by atoms with Gasteiger partial charge in [0.1, 0.15) is 6.07 Å². The summed E-state index contributed by atoms with van der Waals surface area (Å²) in [5.74, 6) is 0.356. The van der Waals surface area contributed by atoms with Crippen LogP contribution < -0.4 is 0 Å². The summed E-state index contributed by atoms with van der Waals surface area (Å²) in [5, 5.41) is 25.0. The molecule has 0 spiro atoms. The number of fused-ring (bicyclic) bond motifs is 1. The Hall–Kier alpha value is -2.09. The quantitative estimate of drug-likeness (QED) is 0.569. The van der Waals surface area contributed by atoms with E-state index in [-0.39, 0.29) is 0 Å². The van der Waals surface area contributed by atoms with E-state index >= 15 is 0 Å². The highest BCUT2D eigenvalue weighted by Crippen LogP contribution is 2.18. The summed E-state index contributed by atoms with van der Waals surface area (Å²) in [6.45, 7) is 0. The van der Waals surface area contributed by atoms with Gasteiger partial charge in [-0.1, -0.05) is 0 Å². The first kappa shape index (κ1) is 6.61. The number of aromatic nitrogens is 3. The highest BCUT2D eigenvalue weighted by atomic mass is 16.5. The van der Waals surface area contributed by atoms with Crippen LogP contribution >= 0.6 is 0 Å². The lowest BCUT2D eigenvalue weighted by Crippen LogP contribution is -1.99. The Labute approximate surface area is 67.8 Å². The molecule has 2 aliphatic rings. The molecule has 0 aromatic rings. The third-order valence-corrected chi connectivity index (χ3v) is 1.53. The monoisotopic (exact) mass is 160 g/mol. The van der Waals surface area contributed by atoms with Gasteiger partial charge in [-0.2, -0.15) is 15.1 Å². The van der Waals surface area contributed by atoms with Gasteiger partial charge in [-0.25, -0.2) is 0 Å². The van der Waals surface area contributed by atoms with E-state index in [1.807, 2.05) is 6.07 Å². The smallest absolute Gasteiger partial charge is 0.198 e. The lowest BCUT2D eigenvalue weighted by molar-refractivity contribution is 0.186. The number of hydrogen-bond donors (Lipinski definition) is 1. The number of nitriles is 1. The molecule has 1 N–H and O–H groups in total. The van der Waals surface area contributed by atoms with Crippen LogP contribution in [-0.4, -0.2) is 20.1 Å². The normalized spacial score (nSPS) is 9.92. The van der Waals surface area contributed by atoms with E-state index in [0.29, 0.717) is 17.0 Å². The molecule has 0 saturated carbocycles. The van der Waals surface area contributed by atoms with Gasteiger partial charge in [-0.15, -0.1) is 5.10 Å². The van der Waals surface area contributed by atoms with E-state index in [9.17, 15) is 5.21 Å². The molecule has 12 heavy (non-hydrogen) atoms. The molecule has 58 valence electrons. The van der Waals surface area contributed by atoms with Gasteiger partial charge in [-0.3, -0.25) is 0 Å². The van der Waals surface area contributed by atoms with E-state index < -0.39 is 0 Å². The fourth-order valence-corrected chi connectivity index (χ4v) is 1.000. The van der Waals surface area contributed by atoms with Crippen LogP contribution in [-0.2, 0) is 0 Å². The van der Waals surface area contributed by atoms with Crippen molar-refractivity contribution < 1.29 is 5.21 Å². The van der Waals surface area contributed by atoms with E-state index in [1.54, 1.807) is 6.07 Å². The molecule has 0 aliphatic carbocycles. The average Bonchev–Trinajstić information content (AvgIpc) is 2.52. The first-order chi connectivity index (χ1) is 5.81. The van der Waals surface area contributed by atoms with Crippen molar-refractivity contribution >= 4 is 0 Å². The molecular formula is C7H4N4O. The molecule has 0 unspecified atom stereocenters. The number of rotatable bonds is 0. The van der Waals surface area contributed by atoms with Crippen LogP contribution in [0.15, 0.2) is 18.5 Å². The maximum atomic E-state index is 9.24. The van der Waals surface area contributed by atoms with Crippen LogP contribution in [0.4, 0.5) is 0 Å². The van der Waals surface area contributed by atoms with Crippen LogP contribution in [0.25, 0.3) is 11.4 Å². The maximum Gasteiger partial charge on any atom is 0.198 e. The summed E-state index contributed by atoms with van der Waals surface area (Å²) in [7, 11) is 0. The van der Waals surface area contributed by atoms with Crippen molar-refractivity contribution in [2.45, 2.75) is 0 Å². The van der Waals surface area contributed by atoms with E-state index in [1.165, 1.54) is 12.4 Å². The summed E-state index contributed by atoms with van der Waals surface area (Å²) >= 11 is 0. The summed E-state index contributed by atoms with van der Waals surface area (Å²) in [5.41, 5.74) is 1.02. The summed E-state index contributed by atoms with van der Waals surface area (Å²) < 4.78 is 0.793. The van der Waals surface area contributed by atoms with Crippen molar-refractivity contribution in [2.24, 2.45) is 0 Å². The van der Waals surface area contributed by atoms with Crippen molar-refractivity contribution in [1.29, 1.82) is 5.26 Å². The minimum atomic E-state index is 0.356. The summed E-state index contributed by atoms with van der Waals surface area (Å²) in [4.78, 5) is 0. The predicted octanol–water partition coefficient (Wildman–Crippen LogP) is 0.492. The molecule has 2 heterocycles. The Kier molecular flexibility index (Phi) is 1.21. The molecule has 0 fully saturated rings. The minimum absolute atomic E-state index is 0.356. The third-order valence-electron chi connectivity index (χ3n) is 1.53. The molecule has 0 amide bonds. The third kappa shape index (κ3) is 0.787. The molecule has 0 radical (unpaired) electrons. The fourth-order valence-electron chi connectivity index (χ4n) is 1.000. The zero-order valence-corrected chi connectivity index (χ0v) is 5.97. The van der Waals surface area contributed by atoms with Crippen molar-refractivity contribution in [1.82, 2.24) is 14.9 Å². The molecular weight excluding hydrogens is 156 g/mol. The molecule has 2 rings (SSSR count). The van der Waals surface area contributed by atoms with Crippen LogP contribution in [0.5, 0.6) is 0 Å². The van der Waals surface area contributed by atoms with Crippen LogP contribution in [0.3, 0.4) is 0 Å². The molecule has 2 aliphatic heterocycles. The van der Waals surface area contributed by atoms with Gasteiger partial charge in [-0.05, 0) is 6.07 Å². The average molecular weight is 160 g/mol. The van der Waals surface area contributed by atoms with Gasteiger partial charge in [0.25, 0.3) is 0 Å². The zero-order valence-electron chi connectivity index (χ0n) is 5.97. The van der Waals surface area contributed by atoms with Gasteiger partial charge < -0.3 is 5.21 Å². The summed E-state index contributed by atoms with van der Waals surface area (Å²) in [6, 6.07) is 3.53. The molecule has 0 aromatic heterocycles. The first-order valence-corrected chi connectivity index (χ1v) is 3.24. The fraction of sp³-hybridized carbons (Fsp3) is 0. The van der Waals surface area contributed by atoms with Crippen LogP contribution in [0.1, 0.15) is 5.56 Å². The van der Waals surface area contributed by atoms with Gasteiger partial charge in [0.15, 0.2) is 5.82 Å². The molecule has 0 bridgehead atoms. The summed E-state index contributed by atoms with van der Waals surface area (Å²) in [6.07, 6.45) is 2.78. The maximum absolute atomic E-state index is 9.24. The topological polar surface area (TPSA) is 74.7 Å². The van der Waals surface area contributed by atoms with Crippen LogP contribution in [0.2, 0.25) is 0 Å². The van der Waals surface area contributed by atoms with Gasteiger partial charge in [0.2, 0.25) is 0 Å². The largest absolute Gasteiger partial charge is 0.427 e. The highest BCUT2D eigenvalue weighted by molar-refractivity contribution is 5.57. The molecule has 5 nitrogen and oxygen atoms in total. The minimum Gasteiger partial charge on any atom is -0.427 e. The lowest BCUT2D eigenvalue weighted by Gasteiger charge is -2.01. The van der Waals surface area contributed by atoms with E-state index in [4.69, 9.17) is 5.26 Å². The molecule has 0 aromatic carbocycles. The number of nitrogens with zero attached hydrogens (tertiary/aromatic N) is 4. The second-order valence-corrected chi connectivity index (χ2v) is 2.31. The van der Waals surface area contributed by atoms with Crippen molar-refractivity contribution in [2.75, 3.05) is 0 Å². The Morgan fingerprint density at radius 2 is 2.42 bits per heavy atom. The Bertz CT molecular complexity index is 428. The van der Waals surface area contributed by atoms with Gasteiger partial charge in [0.05, 0.1) is 18.0 Å². The molecule has 5 heteroatoms. The Morgan fingerprint density at radius 1 is 1.58 bits per heavy atom. The Morgan fingerprint density at radius 3 is 3.17 bits per heavy atom. The lowest BCUT2D eigenvalue weighted by atomic mass is 10.2. The van der Waals surface area contributed by atoms with Crippen molar-refractivity contribution in [3.05, 3.63) is 24.0 Å². The van der Waals surface area contributed by atoms with Crippen molar-refractivity contribution in [3.63, 3.8) is 0 Å². The second-order valence-electron chi connectivity index (χ2n) is 2.31. The van der Waals surface area contributed by atoms with Crippen molar-refractivity contribution in [3.8, 4) is 17.5 Å². The first-order valence-electron chi connectivity index (χ1n) is 3.24. The van der Waals surface area contributed by atoms with E-state index in [2.05, 4.69) is 10.2 Å². The number of pyridine rings is 1. The van der Waals surface area contributed by atoms with Crippen LogP contribution in [0, 0.1) is 11.3 Å².